The molecule has 0 bridgehead atoms. The first-order chi connectivity index (χ1) is 12.9. The van der Waals surface area contributed by atoms with E-state index in [1.807, 2.05) is 0 Å². The van der Waals surface area contributed by atoms with Gasteiger partial charge in [0, 0.05) is 0 Å². The third-order valence-electron chi connectivity index (χ3n) is 8.14. The van der Waals surface area contributed by atoms with Crippen molar-refractivity contribution >= 4 is 0 Å². The van der Waals surface area contributed by atoms with Crippen molar-refractivity contribution in [1.29, 1.82) is 0 Å². The van der Waals surface area contributed by atoms with Crippen LogP contribution < -0.4 is 0 Å². The molecule has 0 radical (unpaired) electrons. The van der Waals surface area contributed by atoms with Crippen molar-refractivity contribution in [1.82, 2.24) is 0 Å². The van der Waals surface area contributed by atoms with Crippen molar-refractivity contribution in [2.45, 2.75) is 132 Å². The highest BCUT2D eigenvalue weighted by Crippen LogP contribution is 2.44. The van der Waals surface area contributed by atoms with Crippen molar-refractivity contribution in [2.75, 3.05) is 0 Å². The molecule has 0 aromatic carbocycles. The van der Waals surface area contributed by atoms with Gasteiger partial charge in [-0.05, 0) is 47.8 Å². The second-order valence-electron chi connectivity index (χ2n) is 10.7. The van der Waals surface area contributed by atoms with Crippen molar-refractivity contribution in [3.63, 3.8) is 0 Å². The summed E-state index contributed by atoms with van der Waals surface area (Å²) in [7, 11) is 0. The summed E-state index contributed by atoms with van der Waals surface area (Å²) in [6.07, 6.45) is 19.4. The topological polar surface area (TPSA) is 0 Å². The standard InChI is InChI=1S/C22H42.C5H12/c1-5-18-9-7-10-19(14-13-18)15-16-22(17(3)4)21(6-2)20-11-8-12-20;1-4-5(2)3/h17-22H,5-16H2,1-4H3;5H,4H2,1-3H3. The molecule has 0 heteroatoms. The summed E-state index contributed by atoms with van der Waals surface area (Å²) in [5, 5.41) is 0. The average molecular weight is 379 g/mol. The second-order valence-corrected chi connectivity index (χ2v) is 10.7. The van der Waals surface area contributed by atoms with E-state index in [4.69, 9.17) is 0 Å². The molecular weight excluding hydrogens is 324 g/mol. The molecule has 0 spiro atoms. The smallest absolute Gasteiger partial charge is 0.0358 e. The highest BCUT2D eigenvalue weighted by Gasteiger charge is 2.33. The van der Waals surface area contributed by atoms with Crippen LogP contribution in [-0.2, 0) is 0 Å². The van der Waals surface area contributed by atoms with Crippen LogP contribution in [0.4, 0.5) is 0 Å². The van der Waals surface area contributed by atoms with Crippen LogP contribution >= 0.6 is 0 Å². The Morgan fingerprint density at radius 3 is 1.70 bits per heavy atom. The molecule has 4 atom stereocenters. The van der Waals surface area contributed by atoms with Crippen molar-refractivity contribution in [3.05, 3.63) is 0 Å². The summed E-state index contributed by atoms with van der Waals surface area (Å²) < 4.78 is 0. The van der Waals surface area contributed by atoms with Crippen LogP contribution in [0.2, 0.25) is 0 Å². The van der Waals surface area contributed by atoms with Gasteiger partial charge < -0.3 is 0 Å². The predicted octanol–water partition coefficient (Wildman–Crippen LogP) is 9.52. The minimum atomic E-state index is 0.884. The Hall–Kier alpha value is 0. The number of rotatable bonds is 9. The third-order valence-corrected chi connectivity index (χ3v) is 8.14. The number of hydrogen-bond acceptors (Lipinski definition) is 0. The van der Waals surface area contributed by atoms with Gasteiger partial charge in [-0.2, -0.15) is 0 Å². The second kappa shape index (κ2) is 14.1. The maximum Gasteiger partial charge on any atom is -0.0358 e. The fourth-order valence-corrected chi connectivity index (χ4v) is 5.48. The first kappa shape index (κ1) is 25.0. The molecule has 0 aromatic heterocycles. The molecule has 0 saturated heterocycles. The zero-order chi connectivity index (χ0) is 20.2. The normalized spacial score (nSPS) is 26.1. The zero-order valence-corrected chi connectivity index (χ0v) is 20.2. The van der Waals surface area contributed by atoms with E-state index in [0.717, 1.165) is 41.4 Å². The monoisotopic (exact) mass is 378 g/mol. The zero-order valence-electron chi connectivity index (χ0n) is 20.2. The molecule has 0 heterocycles. The lowest BCUT2D eigenvalue weighted by Gasteiger charge is -2.40. The van der Waals surface area contributed by atoms with Crippen LogP contribution in [-0.4, -0.2) is 0 Å². The maximum atomic E-state index is 2.49. The number of hydrogen-bond donors (Lipinski definition) is 0. The predicted molar refractivity (Wildman–Crippen MR) is 124 cm³/mol. The first-order valence-electron chi connectivity index (χ1n) is 12.9. The molecule has 0 amide bonds. The summed E-state index contributed by atoms with van der Waals surface area (Å²) in [6.45, 7) is 16.5. The summed E-state index contributed by atoms with van der Waals surface area (Å²) in [6, 6.07) is 0. The van der Waals surface area contributed by atoms with E-state index in [9.17, 15) is 0 Å². The highest BCUT2D eigenvalue weighted by molar-refractivity contribution is 4.84. The van der Waals surface area contributed by atoms with E-state index in [0.29, 0.717) is 0 Å². The average Bonchev–Trinajstić information content (AvgIpc) is 2.84. The SMILES string of the molecule is CCC(C)C.CCC1CCCC(CCC(C(C)C)C(CC)C2CCC2)CC1. The van der Waals surface area contributed by atoms with Gasteiger partial charge in [0.15, 0.2) is 0 Å². The third kappa shape index (κ3) is 9.36. The Kier molecular flexibility index (Phi) is 13.0. The van der Waals surface area contributed by atoms with E-state index in [1.54, 1.807) is 0 Å². The lowest BCUT2D eigenvalue weighted by atomic mass is 9.65. The quantitative estimate of drug-likeness (QED) is 0.350. The molecule has 4 unspecified atom stereocenters. The van der Waals surface area contributed by atoms with Crippen molar-refractivity contribution in [2.24, 2.45) is 41.4 Å². The lowest BCUT2D eigenvalue weighted by Crippen LogP contribution is -2.31. The van der Waals surface area contributed by atoms with E-state index in [-0.39, 0.29) is 0 Å². The minimum absolute atomic E-state index is 0.884. The van der Waals surface area contributed by atoms with E-state index in [2.05, 4.69) is 48.5 Å². The summed E-state index contributed by atoms with van der Waals surface area (Å²) >= 11 is 0. The Labute approximate surface area is 173 Å². The van der Waals surface area contributed by atoms with Crippen LogP contribution in [0, 0.1) is 41.4 Å². The molecule has 27 heavy (non-hydrogen) atoms. The molecule has 0 aromatic rings. The fourth-order valence-electron chi connectivity index (χ4n) is 5.48. The molecule has 2 fully saturated rings. The lowest BCUT2D eigenvalue weighted by molar-refractivity contribution is 0.0979. The molecular formula is C27H54. The molecule has 2 aliphatic carbocycles. The van der Waals surface area contributed by atoms with E-state index < -0.39 is 0 Å². The van der Waals surface area contributed by atoms with Gasteiger partial charge in [0.25, 0.3) is 0 Å². The summed E-state index contributed by atoms with van der Waals surface area (Å²) in [4.78, 5) is 0. The van der Waals surface area contributed by atoms with E-state index >= 15 is 0 Å². The Bertz CT molecular complexity index is 338. The molecule has 0 nitrogen and oxygen atoms in total. The van der Waals surface area contributed by atoms with Gasteiger partial charge in [0.1, 0.15) is 0 Å². The Morgan fingerprint density at radius 1 is 0.704 bits per heavy atom. The van der Waals surface area contributed by atoms with Crippen LogP contribution in [0.1, 0.15) is 132 Å². The minimum Gasteiger partial charge on any atom is -0.0651 e. The fraction of sp³-hybridized carbons (Fsp3) is 1.00. The molecule has 2 saturated carbocycles. The molecule has 2 rings (SSSR count). The van der Waals surface area contributed by atoms with Gasteiger partial charge in [-0.25, -0.2) is 0 Å². The van der Waals surface area contributed by atoms with Crippen molar-refractivity contribution < 1.29 is 0 Å². The van der Waals surface area contributed by atoms with Crippen LogP contribution in [0.15, 0.2) is 0 Å². The Morgan fingerprint density at radius 2 is 1.26 bits per heavy atom. The van der Waals surface area contributed by atoms with Gasteiger partial charge >= 0.3 is 0 Å². The molecule has 2 aliphatic rings. The summed E-state index contributed by atoms with van der Waals surface area (Å²) in [5.41, 5.74) is 0. The van der Waals surface area contributed by atoms with Gasteiger partial charge in [-0.15, -0.1) is 0 Å². The molecule has 0 N–H and O–H groups in total. The Balaban J connectivity index is 0.000000646. The largest absolute Gasteiger partial charge is 0.0651 e. The highest BCUT2D eigenvalue weighted by atomic mass is 14.4. The van der Waals surface area contributed by atoms with E-state index in [1.165, 1.54) is 83.5 Å². The van der Waals surface area contributed by atoms with Crippen LogP contribution in [0.25, 0.3) is 0 Å². The molecule has 162 valence electrons. The van der Waals surface area contributed by atoms with Crippen LogP contribution in [0.5, 0.6) is 0 Å². The van der Waals surface area contributed by atoms with Crippen LogP contribution in [0.3, 0.4) is 0 Å². The maximum absolute atomic E-state index is 2.49. The summed E-state index contributed by atoms with van der Waals surface area (Å²) in [5.74, 6) is 6.98. The van der Waals surface area contributed by atoms with Crippen molar-refractivity contribution in [3.8, 4) is 0 Å². The van der Waals surface area contributed by atoms with Gasteiger partial charge in [0.2, 0.25) is 0 Å². The van der Waals surface area contributed by atoms with Gasteiger partial charge in [0.05, 0.1) is 0 Å². The van der Waals surface area contributed by atoms with Gasteiger partial charge in [-0.1, -0.05) is 126 Å². The molecule has 0 aliphatic heterocycles. The van der Waals surface area contributed by atoms with Gasteiger partial charge in [-0.3, -0.25) is 0 Å². The first-order valence-corrected chi connectivity index (χ1v) is 12.9.